The largest absolute Gasteiger partial charge is 0.470 e. The van der Waals surface area contributed by atoms with Crippen LogP contribution < -0.4 is 4.74 Å². The Kier molecular flexibility index (Phi) is 2.06. The summed E-state index contributed by atoms with van der Waals surface area (Å²) in [5.41, 5.74) is 1.60. The Labute approximate surface area is 115 Å². The number of hydrogen-bond donors (Lipinski definition) is 0. The third kappa shape index (κ3) is 1.17. The Balaban J connectivity index is 2.06. The number of ether oxygens (including phenoxy) is 1. The molecule has 2 heterocycles. The van der Waals surface area contributed by atoms with Crippen LogP contribution in [0.3, 0.4) is 0 Å². The number of halogens is 1. The number of carbonyl (C=O) groups excluding carboxylic acids is 1. The van der Waals surface area contributed by atoms with Crippen LogP contribution in [0, 0.1) is 5.82 Å². The summed E-state index contributed by atoms with van der Waals surface area (Å²) < 4.78 is 19.4. The van der Waals surface area contributed by atoms with E-state index in [0.29, 0.717) is 11.1 Å². The maximum Gasteiger partial charge on any atom is 0.257 e. The molecule has 1 atom stereocenters. The Morgan fingerprint density at radius 1 is 1.15 bits per heavy atom. The SMILES string of the molecule is CC12c3ccccc3C(=O)N1COc1c(F)cccc12. The second-order valence-corrected chi connectivity index (χ2v) is 5.24. The highest BCUT2D eigenvalue weighted by atomic mass is 19.1. The van der Waals surface area contributed by atoms with Gasteiger partial charge in [0.05, 0.1) is 5.54 Å². The molecule has 100 valence electrons. The van der Waals surface area contributed by atoms with Crippen molar-refractivity contribution in [3.05, 3.63) is 65.0 Å². The van der Waals surface area contributed by atoms with Gasteiger partial charge in [0.2, 0.25) is 0 Å². The number of fused-ring (bicyclic) bond motifs is 5. The van der Waals surface area contributed by atoms with E-state index in [-0.39, 0.29) is 24.2 Å². The molecule has 0 spiro atoms. The van der Waals surface area contributed by atoms with Gasteiger partial charge in [0, 0.05) is 11.1 Å². The van der Waals surface area contributed by atoms with Crippen LogP contribution in [0.25, 0.3) is 0 Å². The minimum absolute atomic E-state index is 0.0674. The average Bonchev–Trinajstić information content (AvgIpc) is 2.70. The maximum absolute atomic E-state index is 13.9. The number of benzene rings is 2. The third-order valence-electron chi connectivity index (χ3n) is 4.30. The summed E-state index contributed by atoms with van der Waals surface area (Å²) in [6.45, 7) is 2.01. The Hall–Kier alpha value is -2.36. The van der Waals surface area contributed by atoms with Crippen LogP contribution in [0.4, 0.5) is 4.39 Å². The monoisotopic (exact) mass is 269 g/mol. The van der Waals surface area contributed by atoms with Gasteiger partial charge in [-0.25, -0.2) is 4.39 Å². The second kappa shape index (κ2) is 3.60. The summed E-state index contributed by atoms with van der Waals surface area (Å²) in [6.07, 6.45) is 0. The van der Waals surface area contributed by atoms with E-state index in [0.717, 1.165) is 5.56 Å². The lowest BCUT2D eigenvalue weighted by atomic mass is 9.83. The summed E-state index contributed by atoms with van der Waals surface area (Å²) in [4.78, 5) is 14.1. The van der Waals surface area contributed by atoms with Gasteiger partial charge in [0.25, 0.3) is 5.91 Å². The van der Waals surface area contributed by atoms with E-state index in [1.807, 2.05) is 31.2 Å². The van der Waals surface area contributed by atoms with E-state index >= 15 is 0 Å². The molecular formula is C16H12FNO2. The number of amides is 1. The lowest BCUT2D eigenvalue weighted by Gasteiger charge is -2.41. The van der Waals surface area contributed by atoms with E-state index in [2.05, 4.69) is 0 Å². The van der Waals surface area contributed by atoms with E-state index in [1.54, 1.807) is 17.0 Å². The van der Waals surface area contributed by atoms with Crippen molar-refractivity contribution < 1.29 is 13.9 Å². The highest BCUT2D eigenvalue weighted by Gasteiger charge is 2.51. The fourth-order valence-corrected chi connectivity index (χ4v) is 3.23. The first kappa shape index (κ1) is 11.5. The molecule has 0 N–H and O–H groups in total. The van der Waals surface area contributed by atoms with Gasteiger partial charge in [-0.15, -0.1) is 0 Å². The van der Waals surface area contributed by atoms with Gasteiger partial charge < -0.3 is 4.74 Å². The second-order valence-electron chi connectivity index (χ2n) is 5.24. The van der Waals surface area contributed by atoms with Gasteiger partial charge in [0.15, 0.2) is 18.3 Å². The lowest BCUT2D eigenvalue weighted by Crippen LogP contribution is -2.48. The maximum atomic E-state index is 13.9. The average molecular weight is 269 g/mol. The zero-order valence-electron chi connectivity index (χ0n) is 10.9. The van der Waals surface area contributed by atoms with Crippen LogP contribution in [-0.4, -0.2) is 17.5 Å². The Morgan fingerprint density at radius 3 is 2.75 bits per heavy atom. The highest BCUT2D eigenvalue weighted by Crippen LogP contribution is 2.49. The van der Waals surface area contributed by atoms with Crippen LogP contribution in [0.2, 0.25) is 0 Å². The summed E-state index contributed by atoms with van der Waals surface area (Å²) in [5.74, 6) is -0.214. The number of carbonyl (C=O) groups is 1. The predicted octanol–water partition coefficient (Wildman–Crippen LogP) is 2.89. The molecule has 4 heteroatoms. The summed E-state index contributed by atoms with van der Waals surface area (Å²) in [7, 11) is 0. The van der Waals surface area contributed by atoms with Gasteiger partial charge in [0.1, 0.15) is 0 Å². The van der Waals surface area contributed by atoms with Crippen LogP contribution in [0.1, 0.15) is 28.4 Å². The molecule has 0 aliphatic carbocycles. The quantitative estimate of drug-likeness (QED) is 0.736. The molecule has 0 aromatic heterocycles. The molecule has 4 rings (SSSR count). The molecule has 2 aliphatic heterocycles. The van der Waals surface area contributed by atoms with Crippen molar-refractivity contribution in [1.82, 2.24) is 4.90 Å². The van der Waals surface area contributed by atoms with Crippen molar-refractivity contribution in [2.24, 2.45) is 0 Å². The van der Waals surface area contributed by atoms with Crippen LogP contribution in [-0.2, 0) is 5.54 Å². The van der Waals surface area contributed by atoms with E-state index < -0.39 is 5.54 Å². The van der Waals surface area contributed by atoms with Gasteiger partial charge in [-0.2, -0.15) is 0 Å². The number of para-hydroxylation sites is 1. The summed E-state index contributed by atoms with van der Waals surface area (Å²) >= 11 is 0. The van der Waals surface area contributed by atoms with Crippen molar-refractivity contribution in [1.29, 1.82) is 0 Å². The van der Waals surface area contributed by atoms with Gasteiger partial charge in [-0.1, -0.05) is 30.3 Å². The van der Waals surface area contributed by atoms with Crippen LogP contribution in [0.15, 0.2) is 42.5 Å². The topological polar surface area (TPSA) is 29.5 Å². The van der Waals surface area contributed by atoms with E-state index in [1.165, 1.54) is 6.07 Å². The third-order valence-corrected chi connectivity index (χ3v) is 4.30. The fraction of sp³-hybridized carbons (Fsp3) is 0.188. The minimum Gasteiger partial charge on any atom is -0.470 e. The zero-order valence-corrected chi connectivity index (χ0v) is 10.9. The van der Waals surface area contributed by atoms with Crippen molar-refractivity contribution in [2.45, 2.75) is 12.5 Å². The van der Waals surface area contributed by atoms with Crippen molar-refractivity contribution in [3.8, 4) is 5.75 Å². The standard InChI is InChI=1S/C16H12FNO2/c1-16-11-6-3-2-5-10(11)15(19)18(16)9-20-14-12(16)7-4-8-13(14)17/h2-8H,9H2,1H3. The Morgan fingerprint density at radius 2 is 1.90 bits per heavy atom. The Bertz CT molecular complexity index is 743. The highest BCUT2D eigenvalue weighted by molar-refractivity contribution is 6.01. The molecule has 2 aromatic rings. The van der Waals surface area contributed by atoms with Crippen molar-refractivity contribution >= 4 is 5.91 Å². The molecule has 0 radical (unpaired) electrons. The van der Waals surface area contributed by atoms with Gasteiger partial charge in [-0.05, 0) is 24.6 Å². The number of rotatable bonds is 0. The van der Waals surface area contributed by atoms with E-state index in [9.17, 15) is 9.18 Å². The molecule has 0 bridgehead atoms. The lowest BCUT2D eigenvalue weighted by molar-refractivity contribution is 0.0258. The smallest absolute Gasteiger partial charge is 0.257 e. The number of hydrogen-bond acceptors (Lipinski definition) is 2. The number of nitrogens with zero attached hydrogens (tertiary/aromatic N) is 1. The van der Waals surface area contributed by atoms with Crippen molar-refractivity contribution in [3.63, 3.8) is 0 Å². The van der Waals surface area contributed by atoms with Crippen LogP contribution in [0.5, 0.6) is 5.75 Å². The van der Waals surface area contributed by atoms with Crippen LogP contribution >= 0.6 is 0 Å². The van der Waals surface area contributed by atoms with E-state index in [4.69, 9.17) is 4.74 Å². The van der Waals surface area contributed by atoms with Gasteiger partial charge in [-0.3, -0.25) is 9.69 Å². The molecule has 0 saturated carbocycles. The first-order valence-corrected chi connectivity index (χ1v) is 6.47. The molecule has 2 aromatic carbocycles. The molecule has 3 nitrogen and oxygen atoms in total. The first-order valence-electron chi connectivity index (χ1n) is 6.47. The molecule has 1 amide bonds. The first-order chi connectivity index (χ1) is 9.64. The zero-order chi connectivity index (χ0) is 13.9. The van der Waals surface area contributed by atoms with Gasteiger partial charge >= 0.3 is 0 Å². The summed E-state index contributed by atoms with van der Waals surface area (Å²) in [5, 5.41) is 0. The molecule has 20 heavy (non-hydrogen) atoms. The molecule has 2 aliphatic rings. The summed E-state index contributed by atoms with van der Waals surface area (Å²) in [6, 6.07) is 12.3. The fourth-order valence-electron chi connectivity index (χ4n) is 3.23. The molecule has 1 unspecified atom stereocenters. The minimum atomic E-state index is -0.663. The normalized spacial score (nSPS) is 22.9. The predicted molar refractivity (Wildman–Crippen MR) is 71.0 cm³/mol. The molecular weight excluding hydrogens is 257 g/mol. The molecule has 0 saturated heterocycles. The van der Waals surface area contributed by atoms with Crippen molar-refractivity contribution in [2.75, 3.05) is 6.73 Å². The molecule has 0 fully saturated rings.